The lowest BCUT2D eigenvalue weighted by atomic mass is 10.6. The Bertz CT molecular complexity index is 272. The highest BCUT2D eigenvalue weighted by molar-refractivity contribution is 7.99. The van der Waals surface area contributed by atoms with Gasteiger partial charge >= 0.3 is 0 Å². The van der Waals surface area contributed by atoms with Gasteiger partial charge < -0.3 is 11.5 Å². The Kier molecular flexibility index (Phi) is 4.44. The predicted molar refractivity (Wildman–Crippen MR) is 59.5 cm³/mol. The highest BCUT2D eigenvalue weighted by Gasteiger charge is 2.02. The van der Waals surface area contributed by atoms with Crippen LogP contribution in [0.25, 0.3) is 0 Å². The van der Waals surface area contributed by atoms with Crippen molar-refractivity contribution in [3.63, 3.8) is 0 Å². The third kappa shape index (κ3) is 3.48. The van der Waals surface area contributed by atoms with E-state index in [-0.39, 0.29) is 5.37 Å². The molecule has 0 bridgehead atoms. The molecule has 0 aliphatic rings. The lowest BCUT2D eigenvalue weighted by Gasteiger charge is -2.02. The highest BCUT2D eigenvalue weighted by Crippen LogP contribution is 2.17. The molecule has 1 aromatic rings. The molecule has 1 heterocycles. The molecule has 0 amide bonds. The molecule has 0 fully saturated rings. The summed E-state index contributed by atoms with van der Waals surface area (Å²) in [5.41, 5.74) is 12.2. The fourth-order valence-corrected chi connectivity index (χ4v) is 2.19. The van der Waals surface area contributed by atoms with E-state index in [2.05, 4.69) is 11.6 Å². The first-order valence-electron chi connectivity index (χ1n) is 3.89. The van der Waals surface area contributed by atoms with E-state index in [1.807, 2.05) is 5.38 Å². The van der Waals surface area contributed by atoms with Crippen molar-refractivity contribution >= 4 is 23.1 Å². The molecular weight excluding hydrogens is 202 g/mol. The minimum Gasteiger partial charge on any atom is -0.325 e. The summed E-state index contributed by atoms with van der Waals surface area (Å²) in [6.07, 6.45) is 1.72. The summed E-state index contributed by atoms with van der Waals surface area (Å²) in [6, 6.07) is 0. The van der Waals surface area contributed by atoms with Gasteiger partial charge in [0.15, 0.2) is 0 Å². The largest absolute Gasteiger partial charge is 0.325 e. The van der Waals surface area contributed by atoms with Gasteiger partial charge in [0.1, 0.15) is 5.01 Å². The first-order valence-corrected chi connectivity index (χ1v) is 5.82. The molecule has 4 N–H and O–H groups in total. The number of thioether (sulfide) groups is 1. The summed E-state index contributed by atoms with van der Waals surface area (Å²) in [5, 5.41) is 2.98. The van der Waals surface area contributed by atoms with Crippen LogP contribution in [0.4, 0.5) is 0 Å². The van der Waals surface area contributed by atoms with Gasteiger partial charge in [0.2, 0.25) is 0 Å². The Morgan fingerprint density at radius 2 is 2.54 bits per heavy atom. The van der Waals surface area contributed by atoms with Crippen molar-refractivity contribution in [2.75, 3.05) is 0 Å². The van der Waals surface area contributed by atoms with Crippen LogP contribution >= 0.6 is 23.1 Å². The number of rotatable bonds is 5. The standard InChI is InChI=1S/C8H13N3S2/c1-2-7(10)12-4-6-5-13-8(3-9)11-6/h2,5,7H,1,3-4,9-10H2. The van der Waals surface area contributed by atoms with Gasteiger partial charge in [-0.2, -0.15) is 0 Å². The van der Waals surface area contributed by atoms with E-state index in [4.69, 9.17) is 11.5 Å². The van der Waals surface area contributed by atoms with Crippen LogP contribution in [0, 0.1) is 0 Å². The van der Waals surface area contributed by atoms with Crippen LogP contribution in [0.3, 0.4) is 0 Å². The average molecular weight is 215 g/mol. The van der Waals surface area contributed by atoms with Crippen LogP contribution < -0.4 is 11.5 Å². The Labute approximate surface area is 86.2 Å². The Morgan fingerprint density at radius 1 is 1.77 bits per heavy atom. The SMILES string of the molecule is C=CC(N)SCc1csc(CN)n1. The van der Waals surface area contributed by atoms with Gasteiger partial charge in [-0.3, -0.25) is 0 Å². The van der Waals surface area contributed by atoms with E-state index in [1.54, 1.807) is 29.2 Å². The zero-order valence-electron chi connectivity index (χ0n) is 7.27. The summed E-state index contributed by atoms with van der Waals surface area (Å²) in [4.78, 5) is 4.32. The van der Waals surface area contributed by atoms with Crippen molar-refractivity contribution in [2.24, 2.45) is 11.5 Å². The van der Waals surface area contributed by atoms with E-state index >= 15 is 0 Å². The van der Waals surface area contributed by atoms with Crippen LogP contribution in [0.1, 0.15) is 10.7 Å². The maximum absolute atomic E-state index is 5.66. The van der Waals surface area contributed by atoms with Crippen molar-refractivity contribution in [1.29, 1.82) is 0 Å². The molecule has 1 aromatic heterocycles. The van der Waals surface area contributed by atoms with Crippen LogP contribution in [0.2, 0.25) is 0 Å². The van der Waals surface area contributed by atoms with Crippen molar-refractivity contribution in [3.8, 4) is 0 Å². The normalized spacial score (nSPS) is 12.8. The second-order valence-electron chi connectivity index (χ2n) is 2.45. The van der Waals surface area contributed by atoms with Gasteiger partial charge in [0.05, 0.1) is 11.1 Å². The van der Waals surface area contributed by atoms with E-state index < -0.39 is 0 Å². The van der Waals surface area contributed by atoms with E-state index in [9.17, 15) is 0 Å². The first-order chi connectivity index (χ1) is 6.26. The quantitative estimate of drug-likeness (QED) is 0.574. The number of aromatic nitrogens is 1. The van der Waals surface area contributed by atoms with Crippen LogP contribution in [-0.4, -0.2) is 10.4 Å². The fraction of sp³-hybridized carbons (Fsp3) is 0.375. The monoisotopic (exact) mass is 215 g/mol. The summed E-state index contributed by atoms with van der Waals surface area (Å²) in [7, 11) is 0. The molecule has 0 saturated heterocycles. The van der Waals surface area contributed by atoms with Crippen molar-refractivity contribution in [2.45, 2.75) is 17.7 Å². The van der Waals surface area contributed by atoms with Crippen LogP contribution in [0.15, 0.2) is 18.0 Å². The van der Waals surface area contributed by atoms with Gasteiger partial charge in [0, 0.05) is 17.7 Å². The average Bonchev–Trinajstić information content (AvgIpc) is 2.61. The lowest BCUT2D eigenvalue weighted by molar-refractivity contribution is 1.02. The van der Waals surface area contributed by atoms with Gasteiger partial charge in [-0.15, -0.1) is 29.7 Å². The molecule has 0 saturated carbocycles. The van der Waals surface area contributed by atoms with Gasteiger partial charge in [-0.25, -0.2) is 4.98 Å². The molecule has 0 aliphatic heterocycles. The highest BCUT2D eigenvalue weighted by atomic mass is 32.2. The minimum atomic E-state index is -0.0111. The van der Waals surface area contributed by atoms with Gasteiger partial charge in [-0.1, -0.05) is 6.08 Å². The molecule has 5 heteroatoms. The van der Waals surface area contributed by atoms with Crippen LogP contribution in [0.5, 0.6) is 0 Å². The van der Waals surface area contributed by atoms with Crippen molar-refractivity contribution in [1.82, 2.24) is 4.98 Å². The molecule has 1 unspecified atom stereocenters. The fourth-order valence-electron chi connectivity index (χ4n) is 0.759. The Hall–Kier alpha value is -0.360. The summed E-state index contributed by atoms with van der Waals surface area (Å²) in [5.74, 6) is 0.823. The second kappa shape index (κ2) is 5.39. The number of thiazole rings is 1. The smallest absolute Gasteiger partial charge is 0.106 e. The third-order valence-corrected chi connectivity index (χ3v) is 3.39. The number of nitrogens with zero attached hydrogens (tertiary/aromatic N) is 1. The van der Waals surface area contributed by atoms with Crippen LogP contribution in [-0.2, 0) is 12.3 Å². The number of nitrogens with two attached hydrogens (primary N) is 2. The number of hydrogen-bond acceptors (Lipinski definition) is 5. The maximum Gasteiger partial charge on any atom is 0.106 e. The Morgan fingerprint density at radius 3 is 3.08 bits per heavy atom. The molecule has 0 spiro atoms. The van der Waals surface area contributed by atoms with Gasteiger partial charge in [0.25, 0.3) is 0 Å². The predicted octanol–water partition coefficient (Wildman–Crippen LogP) is 1.31. The zero-order chi connectivity index (χ0) is 9.68. The first kappa shape index (κ1) is 10.7. The van der Waals surface area contributed by atoms with Crippen molar-refractivity contribution < 1.29 is 0 Å². The topological polar surface area (TPSA) is 64.9 Å². The number of hydrogen-bond donors (Lipinski definition) is 2. The second-order valence-corrected chi connectivity index (χ2v) is 4.56. The molecule has 0 aliphatic carbocycles. The van der Waals surface area contributed by atoms with E-state index in [0.717, 1.165) is 16.5 Å². The van der Waals surface area contributed by atoms with Gasteiger partial charge in [-0.05, 0) is 0 Å². The van der Waals surface area contributed by atoms with E-state index in [0.29, 0.717) is 6.54 Å². The molecule has 0 aromatic carbocycles. The van der Waals surface area contributed by atoms with E-state index in [1.165, 1.54) is 0 Å². The third-order valence-electron chi connectivity index (χ3n) is 1.43. The maximum atomic E-state index is 5.66. The molecule has 13 heavy (non-hydrogen) atoms. The zero-order valence-corrected chi connectivity index (χ0v) is 8.90. The summed E-state index contributed by atoms with van der Waals surface area (Å²) < 4.78 is 0. The molecule has 1 atom stereocenters. The molecule has 0 radical (unpaired) electrons. The molecular formula is C8H13N3S2. The van der Waals surface area contributed by atoms with Crippen molar-refractivity contribution in [3.05, 3.63) is 28.7 Å². The molecule has 3 nitrogen and oxygen atoms in total. The summed E-state index contributed by atoms with van der Waals surface area (Å²) in [6.45, 7) is 4.13. The Balaban J connectivity index is 2.40. The lowest BCUT2D eigenvalue weighted by Crippen LogP contribution is -2.11. The molecule has 1 rings (SSSR count). The minimum absolute atomic E-state index is 0.0111. The summed E-state index contributed by atoms with van der Waals surface area (Å²) >= 11 is 3.21. The molecule has 72 valence electrons.